The third-order valence-electron chi connectivity index (χ3n) is 5.84. The van der Waals surface area contributed by atoms with E-state index in [1.54, 1.807) is 0 Å². The number of allylic oxidation sites excluding steroid dienone is 6. The van der Waals surface area contributed by atoms with E-state index in [0.717, 1.165) is 51.4 Å². The summed E-state index contributed by atoms with van der Waals surface area (Å²) in [6.45, 7) is 2.03. The van der Waals surface area contributed by atoms with Crippen LogP contribution in [0, 0.1) is 5.92 Å². The first-order valence-electron chi connectivity index (χ1n) is 13.4. The van der Waals surface area contributed by atoms with Crippen LogP contribution in [0.4, 0.5) is 0 Å². The van der Waals surface area contributed by atoms with E-state index in [9.17, 15) is 20.1 Å². The van der Waals surface area contributed by atoms with Gasteiger partial charge < -0.3 is 29.5 Å². The predicted octanol–water partition coefficient (Wildman–Crippen LogP) is 4.60. The lowest BCUT2D eigenvalue weighted by molar-refractivity contribution is -0.227. The number of ether oxygens (including phenoxy) is 3. The molecule has 0 aliphatic carbocycles. The molecule has 0 aromatic rings. The third-order valence-corrected chi connectivity index (χ3v) is 5.84. The Morgan fingerprint density at radius 3 is 2.34 bits per heavy atom. The fourth-order valence-corrected chi connectivity index (χ4v) is 3.74. The number of hydrogen-bond donors (Lipinski definition) is 3. The van der Waals surface area contributed by atoms with Gasteiger partial charge in [0.2, 0.25) is 0 Å². The maximum Gasteiger partial charge on any atom is 0.305 e. The Morgan fingerprint density at radius 1 is 0.943 bits per heavy atom. The molecule has 1 unspecified atom stereocenters. The standard InChI is InChI=1S/C28H48O7/c1-2-3-4-5-6-7-8-9-10-11-12-13-14-15-16-17-27(32)33-22-24(20-29)23-34-28-19-25(31)18-26(21-30)35-28/h3-4,6-7,9-10,24-26,28-31H,2,5,8,11-23H2,1H3/b4-3-,7-6-,10-9-/t24?,25-,26-,28+/m0/s1. The fourth-order valence-electron chi connectivity index (χ4n) is 3.74. The summed E-state index contributed by atoms with van der Waals surface area (Å²) < 4.78 is 16.4. The van der Waals surface area contributed by atoms with E-state index < -0.39 is 18.5 Å². The Labute approximate surface area is 211 Å². The van der Waals surface area contributed by atoms with Crippen molar-refractivity contribution in [3.63, 3.8) is 0 Å². The Bertz CT molecular complexity index is 602. The SMILES string of the molecule is CC/C=C\C/C=C\C/C=C\CCCCCCCC(=O)OCC(CO)CO[C@H]1C[C@@H](O)C[C@@H](CO)O1. The highest BCUT2D eigenvalue weighted by molar-refractivity contribution is 5.69. The second-order valence-corrected chi connectivity index (χ2v) is 9.16. The van der Waals surface area contributed by atoms with Crippen LogP contribution in [0.3, 0.4) is 0 Å². The topological polar surface area (TPSA) is 105 Å². The van der Waals surface area contributed by atoms with Crippen molar-refractivity contribution >= 4 is 5.97 Å². The van der Waals surface area contributed by atoms with E-state index in [1.165, 1.54) is 6.42 Å². The summed E-state index contributed by atoms with van der Waals surface area (Å²) in [5, 5.41) is 28.5. The summed E-state index contributed by atoms with van der Waals surface area (Å²) >= 11 is 0. The van der Waals surface area contributed by atoms with Crippen LogP contribution in [0.25, 0.3) is 0 Å². The first-order chi connectivity index (χ1) is 17.1. The first kappa shape index (κ1) is 31.5. The number of carbonyl (C=O) groups is 1. The van der Waals surface area contributed by atoms with E-state index in [0.29, 0.717) is 19.3 Å². The highest BCUT2D eigenvalue weighted by atomic mass is 16.7. The van der Waals surface area contributed by atoms with Gasteiger partial charge in [-0.15, -0.1) is 0 Å². The van der Waals surface area contributed by atoms with Crippen LogP contribution in [0.5, 0.6) is 0 Å². The molecular formula is C28H48O7. The molecule has 1 saturated heterocycles. The lowest BCUT2D eigenvalue weighted by Gasteiger charge is -2.32. The number of carbonyl (C=O) groups excluding carboxylic acids is 1. The monoisotopic (exact) mass is 496 g/mol. The average molecular weight is 497 g/mol. The molecule has 0 bridgehead atoms. The molecule has 0 amide bonds. The van der Waals surface area contributed by atoms with E-state index >= 15 is 0 Å². The van der Waals surface area contributed by atoms with Gasteiger partial charge in [-0.1, -0.05) is 62.6 Å². The van der Waals surface area contributed by atoms with Crippen LogP contribution in [0.1, 0.15) is 84.0 Å². The second-order valence-electron chi connectivity index (χ2n) is 9.16. The molecule has 1 heterocycles. The molecule has 3 N–H and O–H groups in total. The van der Waals surface area contributed by atoms with Gasteiger partial charge in [-0.2, -0.15) is 0 Å². The van der Waals surface area contributed by atoms with Gasteiger partial charge in [0.25, 0.3) is 0 Å². The number of rotatable bonds is 20. The molecule has 35 heavy (non-hydrogen) atoms. The summed E-state index contributed by atoms with van der Waals surface area (Å²) in [7, 11) is 0. The molecule has 1 fully saturated rings. The quantitative estimate of drug-likeness (QED) is 0.128. The minimum absolute atomic E-state index is 0.0883. The van der Waals surface area contributed by atoms with Gasteiger partial charge in [-0.05, 0) is 38.5 Å². The Morgan fingerprint density at radius 2 is 1.63 bits per heavy atom. The predicted molar refractivity (Wildman–Crippen MR) is 138 cm³/mol. The van der Waals surface area contributed by atoms with Crippen LogP contribution in [-0.4, -0.2) is 66.2 Å². The first-order valence-corrected chi connectivity index (χ1v) is 13.4. The zero-order valence-electron chi connectivity index (χ0n) is 21.6. The van der Waals surface area contributed by atoms with Crippen LogP contribution in [-0.2, 0) is 19.0 Å². The number of aliphatic hydroxyl groups excluding tert-OH is 3. The van der Waals surface area contributed by atoms with Gasteiger partial charge in [0.05, 0.1) is 38.6 Å². The Kier molecular flexibility index (Phi) is 19.6. The lowest BCUT2D eigenvalue weighted by Crippen LogP contribution is -2.40. The lowest BCUT2D eigenvalue weighted by atomic mass is 10.1. The number of esters is 1. The van der Waals surface area contributed by atoms with E-state index in [4.69, 9.17) is 14.2 Å². The number of unbranched alkanes of at least 4 members (excludes halogenated alkanes) is 5. The van der Waals surface area contributed by atoms with E-state index in [-0.39, 0.29) is 38.3 Å². The molecule has 1 rings (SSSR count). The number of hydrogen-bond acceptors (Lipinski definition) is 7. The molecule has 0 aromatic heterocycles. The van der Waals surface area contributed by atoms with Crippen molar-refractivity contribution in [3.05, 3.63) is 36.5 Å². The molecular weight excluding hydrogens is 448 g/mol. The second kappa shape index (κ2) is 21.7. The molecule has 202 valence electrons. The highest BCUT2D eigenvalue weighted by Gasteiger charge is 2.29. The highest BCUT2D eigenvalue weighted by Crippen LogP contribution is 2.21. The average Bonchev–Trinajstić information content (AvgIpc) is 2.86. The smallest absolute Gasteiger partial charge is 0.305 e. The zero-order valence-corrected chi connectivity index (χ0v) is 21.6. The minimum atomic E-state index is -0.633. The molecule has 7 heteroatoms. The summed E-state index contributed by atoms with van der Waals surface area (Å²) in [5.41, 5.74) is 0. The number of aliphatic hydroxyl groups is 3. The van der Waals surface area contributed by atoms with Gasteiger partial charge in [0, 0.05) is 25.2 Å². The van der Waals surface area contributed by atoms with Gasteiger partial charge in [0.15, 0.2) is 6.29 Å². The van der Waals surface area contributed by atoms with E-state index in [1.807, 2.05) is 0 Å². The van der Waals surface area contributed by atoms with Crippen molar-refractivity contribution in [2.24, 2.45) is 5.92 Å². The van der Waals surface area contributed by atoms with Crippen molar-refractivity contribution < 1.29 is 34.3 Å². The molecule has 0 spiro atoms. The normalized spacial score (nSPS) is 21.9. The van der Waals surface area contributed by atoms with Crippen LogP contribution in [0.15, 0.2) is 36.5 Å². The van der Waals surface area contributed by atoms with Crippen molar-refractivity contribution in [2.45, 2.75) is 102 Å². The Hall–Kier alpha value is -1.51. The summed E-state index contributed by atoms with van der Waals surface area (Å²) in [6, 6.07) is 0. The van der Waals surface area contributed by atoms with Crippen molar-refractivity contribution in [3.8, 4) is 0 Å². The van der Waals surface area contributed by atoms with Crippen molar-refractivity contribution in [1.29, 1.82) is 0 Å². The van der Waals surface area contributed by atoms with Crippen LogP contribution >= 0.6 is 0 Å². The molecule has 0 radical (unpaired) electrons. The van der Waals surface area contributed by atoms with Crippen molar-refractivity contribution in [1.82, 2.24) is 0 Å². The third kappa shape index (κ3) is 17.5. The van der Waals surface area contributed by atoms with E-state index in [2.05, 4.69) is 43.4 Å². The maximum atomic E-state index is 12.0. The summed E-state index contributed by atoms with van der Waals surface area (Å²) in [6.07, 6.45) is 22.1. The fraction of sp³-hybridized carbons (Fsp3) is 0.750. The largest absolute Gasteiger partial charge is 0.465 e. The minimum Gasteiger partial charge on any atom is -0.465 e. The Balaban J connectivity index is 2.00. The summed E-state index contributed by atoms with van der Waals surface area (Å²) in [5.74, 6) is -0.607. The van der Waals surface area contributed by atoms with Gasteiger partial charge >= 0.3 is 5.97 Å². The molecule has 0 saturated carbocycles. The van der Waals surface area contributed by atoms with Crippen LogP contribution in [0.2, 0.25) is 0 Å². The molecule has 4 atom stereocenters. The molecule has 7 nitrogen and oxygen atoms in total. The van der Waals surface area contributed by atoms with Gasteiger partial charge in [-0.3, -0.25) is 4.79 Å². The van der Waals surface area contributed by atoms with Gasteiger partial charge in [0.1, 0.15) is 0 Å². The van der Waals surface area contributed by atoms with Crippen LogP contribution < -0.4 is 0 Å². The van der Waals surface area contributed by atoms with Gasteiger partial charge in [-0.25, -0.2) is 0 Å². The molecule has 0 aromatic carbocycles. The molecule has 1 aliphatic rings. The maximum absolute atomic E-state index is 12.0. The summed E-state index contributed by atoms with van der Waals surface area (Å²) in [4.78, 5) is 12.0. The molecule has 1 aliphatic heterocycles. The zero-order chi connectivity index (χ0) is 25.6. The van der Waals surface area contributed by atoms with Crippen molar-refractivity contribution in [2.75, 3.05) is 26.4 Å².